The van der Waals surface area contributed by atoms with E-state index in [0.29, 0.717) is 25.4 Å². The third kappa shape index (κ3) is 5.24. The second-order valence-corrected chi connectivity index (χ2v) is 5.35. The monoisotopic (exact) mass is 301 g/mol. The number of amides is 1. The highest BCUT2D eigenvalue weighted by atomic mass is 35.5. The van der Waals surface area contributed by atoms with E-state index in [1.165, 1.54) is 5.56 Å². The van der Waals surface area contributed by atoms with Crippen LogP contribution in [-0.2, 0) is 17.8 Å². The average Bonchev–Trinajstić information content (AvgIpc) is 2.54. The first-order valence-electron chi connectivity index (χ1n) is 7.21. The highest BCUT2D eigenvalue weighted by Crippen LogP contribution is 2.09. The minimum Gasteiger partial charge on any atom is -0.337 e. The van der Waals surface area contributed by atoms with E-state index in [0.717, 1.165) is 12.0 Å². The third-order valence-corrected chi connectivity index (χ3v) is 3.56. The molecule has 0 atom stereocenters. The standard InChI is InChI=1S/C18H20ClNO/c19-13-14-20(15-17-9-5-2-6-10-17)18(21)12-11-16-7-3-1-4-8-16/h1-10H,11-15H2. The van der Waals surface area contributed by atoms with E-state index in [-0.39, 0.29) is 5.91 Å². The summed E-state index contributed by atoms with van der Waals surface area (Å²) in [5, 5.41) is 0. The number of rotatable bonds is 7. The van der Waals surface area contributed by atoms with Crippen LogP contribution in [0.4, 0.5) is 0 Å². The van der Waals surface area contributed by atoms with Gasteiger partial charge >= 0.3 is 0 Å². The fourth-order valence-electron chi connectivity index (χ4n) is 2.25. The average molecular weight is 302 g/mol. The maximum Gasteiger partial charge on any atom is 0.223 e. The molecule has 0 unspecified atom stereocenters. The first-order valence-corrected chi connectivity index (χ1v) is 7.74. The molecule has 0 aliphatic rings. The van der Waals surface area contributed by atoms with Crippen LogP contribution in [0.3, 0.4) is 0 Å². The molecule has 1 amide bonds. The summed E-state index contributed by atoms with van der Waals surface area (Å²) >= 11 is 5.83. The minimum absolute atomic E-state index is 0.156. The molecule has 110 valence electrons. The van der Waals surface area contributed by atoms with Gasteiger partial charge in [-0.1, -0.05) is 60.7 Å². The molecule has 0 fully saturated rings. The molecule has 0 saturated heterocycles. The second kappa shape index (κ2) is 8.48. The molecular weight excluding hydrogens is 282 g/mol. The molecule has 2 aromatic rings. The molecule has 2 nitrogen and oxygen atoms in total. The molecule has 2 rings (SSSR count). The summed E-state index contributed by atoms with van der Waals surface area (Å²) in [4.78, 5) is 14.2. The maximum atomic E-state index is 12.4. The van der Waals surface area contributed by atoms with Gasteiger partial charge in [-0.05, 0) is 17.5 Å². The smallest absolute Gasteiger partial charge is 0.223 e. The highest BCUT2D eigenvalue weighted by molar-refractivity contribution is 6.18. The Balaban J connectivity index is 1.92. The molecule has 21 heavy (non-hydrogen) atoms. The lowest BCUT2D eigenvalue weighted by molar-refractivity contribution is -0.131. The third-order valence-electron chi connectivity index (χ3n) is 3.39. The Morgan fingerprint density at radius 3 is 2.05 bits per heavy atom. The predicted octanol–water partition coefficient (Wildman–Crippen LogP) is 3.89. The summed E-state index contributed by atoms with van der Waals surface area (Å²) in [5.41, 5.74) is 2.33. The van der Waals surface area contributed by atoms with Crippen molar-refractivity contribution >= 4 is 17.5 Å². The molecule has 0 aliphatic carbocycles. The van der Waals surface area contributed by atoms with Gasteiger partial charge in [0.15, 0.2) is 0 Å². The molecule has 2 aromatic carbocycles. The number of carbonyl (C=O) groups excluding carboxylic acids is 1. The molecule has 0 heterocycles. The molecule has 0 N–H and O–H groups in total. The van der Waals surface area contributed by atoms with Crippen LogP contribution in [0.15, 0.2) is 60.7 Å². The van der Waals surface area contributed by atoms with Gasteiger partial charge in [-0.15, -0.1) is 11.6 Å². The number of carbonyl (C=O) groups is 1. The maximum absolute atomic E-state index is 12.4. The number of hydrogen-bond acceptors (Lipinski definition) is 1. The lowest BCUT2D eigenvalue weighted by Crippen LogP contribution is -2.32. The van der Waals surface area contributed by atoms with Crippen LogP contribution in [0.2, 0.25) is 0 Å². The second-order valence-electron chi connectivity index (χ2n) is 4.98. The number of halogens is 1. The van der Waals surface area contributed by atoms with Crippen LogP contribution < -0.4 is 0 Å². The van der Waals surface area contributed by atoms with Crippen molar-refractivity contribution in [2.24, 2.45) is 0 Å². The summed E-state index contributed by atoms with van der Waals surface area (Å²) in [5.74, 6) is 0.618. The van der Waals surface area contributed by atoms with Crippen molar-refractivity contribution in [3.63, 3.8) is 0 Å². The van der Waals surface area contributed by atoms with Crippen LogP contribution >= 0.6 is 11.6 Å². The number of alkyl halides is 1. The molecule has 0 aromatic heterocycles. The lowest BCUT2D eigenvalue weighted by atomic mass is 10.1. The van der Waals surface area contributed by atoms with E-state index in [1.54, 1.807) is 0 Å². The fourth-order valence-corrected chi connectivity index (χ4v) is 2.46. The quantitative estimate of drug-likeness (QED) is 0.711. The van der Waals surface area contributed by atoms with Crippen LogP contribution in [-0.4, -0.2) is 23.2 Å². The van der Waals surface area contributed by atoms with Crippen LogP contribution in [0.5, 0.6) is 0 Å². The van der Waals surface area contributed by atoms with Gasteiger partial charge in [-0.2, -0.15) is 0 Å². The zero-order chi connectivity index (χ0) is 14.9. The van der Waals surface area contributed by atoms with Crippen LogP contribution in [0.1, 0.15) is 17.5 Å². The van der Waals surface area contributed by atoms with E-state index >= 15 is 0 Å². The molecule has 0 spiro atoms. The summed E-state index contributed by atoms with van der Waals surface area (Å²) in [6, 6.07) is 20.1. The molecule has 0 radical (unpaired) electrons. The normalized spacial score (nSPS) is 10.3. The minimum atomic E-state index is 0.156. The Hall–Kier alpha value is -1.80. The van der Waals surface area contributed by atoms with Gasteiger partial charge in [0.2, 0.25) is 5.91 Å². The van der Waals surface area contributed by atoms with Crippen LogP contribution in [0.25, 0.3) is 0 Å². The van der Waals surface area contributed by atoms with Crippen molar-refractivity contribution in [1.82, 2.24) is 4.90 Å². The van der Waals surface area contributed by atoms with Gasteiger partial charge in [0.25, 0.3) is 0 Å². The number of hydrogen-bond donors (Lipinski definition) is 0. The largest absolute Gasteiger partial charge is 0.337 e. The highest BCUT2D eigenvalue weighted by Gasteiger charge is 2.13. The summed E-state index contributed by atoms with van der Waals surface area (Å²) < 4.78 is 0. The van der Waals surface area contributed by atoms with Gasteiger partial charge in [0.1, 0.15) is 0 Å². The predicted molar refractivity (Wildman–Crippen MR) is 87.3 cm³/mol. The number of aryl methyl sites for hydroxylation is 1. The number of nitrogens with zero attached hydrogens (tertiary/aromatic N) is 1. The van der Waals surface area contributed by atoms with Gasteiger partial charge < -0.3 is 4.90 Å². The molecule has 0 bridgehead atoms. The fraction of sp³-hybridized carbons (Fsp3) is 0.278. The van der Waals surface area contributed by atoms with Crippen molar-refractivity contribution in [3.8, 4) is 0 Å². The molecule has 0 saturated carbocycles. The Kier molecular flexibility index (Phi) is 6.29. The van der Waals surface area contributed by atoms with E-state index in [1.807, 2.05) is 53.4 Å². The summed E-state index contributed by atoms with van der Waals surface area (Å²) in [7, 11) is 0. The van der Waals surface area contributed by atoms with Crippen molar-refractivity contribution in [3.05, 3.63) is 71.8 Å². The Bertz CT molecular complexity index is 542. The van der Waals surface area contributed by atoms with Crippen molar-refractivity contribution in [2.75, 3.05) is 12.4 Å². The van der Waals surface area contributed by atoms with Gasteiger partial charge in [0.05, 0.1) is 0 Å². The zero-order valence-electron chi connectivity index (χ0n) is 12.0. The first-order chi connectivity index (χ1) is 10.3. The SMILES string of the molecule is O=C(CCc1ccccc1)N(CCCl)Cc1ccccc1. The van der Waals surface area contributed by atoms with Crippen molar-refractivity contribution < 1.29 is 4.79 Å². The Labute approximate surface area is 131 Å². The van der Waals surface area contributed by atoms with Crippen LogP contribution in [0, 0.1) is 0 Å². The summed E-state index contributed by atoms with van der Waals surface area (Å²) in [6.07, 6.45) is 1.29. The van der Waals surface area contributed by atoms with Gasteiger partial charge in [-0.25, -0.2) is 0 Å². The topological polar surface area (TPSA) is 20.3 Å². The van der Waals surface area contributed by atoms with E-state index in [2.05, 4.69) is 12.1 Å². The lowest BCUT2D eigenvalue weighted by Gasteiger charge is -2.22. The van der Waals surface area contributed by atoms with Crippen molar-refractivity contribution in [2.45, 2.75) is 19.4 Å². The molecular formula is C18H20ClNO. The summed E-state index contributed by atoms with van der Waals surface area (Å²) in [6.45, 7) is 1.21. The number of benzene rings is 2. The molecule has 3 heteroatoms. The van der Waals surface area contributed by atoms with E-state index in [9.17, 15) is 4.79 Å². The van der Waals surface area contributed by atoms with E-state index in [4.69, 9.17) is 11.6 Å². The van der Waals surface area contributed by atoms with Crippen molar-refractivity contribution in [1.29, 1.82) is 0 Å². The Morgan fingerprint density at radius 1 is 0.905 bits per heavy atom. The van der Waals surface area contributed by atoms with Gasteiger partial charge in [-0.3, -0.25) is 4.79 Å². The Morgan fingerprint density at radius 2 is 1.48 bits per heavy atom. The first kappa shape index (κ1) is 15.6. The zero-order valence-corrected chi connectivity index (χ0v) is 12.8. The molecule has 0 aliphatic heterocycles. The van der Waals surface area contributed by atoms with Gasteiger partial charge in [0, 0.05) is 25.4 Å². The van der Waals surface area contributed by atoms with E-state index < -0.39 is 0 Å².